The molecule has 0 unspecified atom stereocenters. The Hall–Kier alpha value is -3.93. The van der Waals surface area contributed by atoms with E-state index in [1.165, 1.54) is 0 Å². The Labute approximate surface area is 185 Å². The van der Waals surface area contributed by atoms with Gasteiger partial charge >= 0.3 is 5.97 Å². The van der Waals surface area contributed by atoms with Gasteiger partial charge in [-0.15, -0.1) is 0 Å². The van der Waals surface area contributed by atoms with Crippen molar-refractivity contribution in [2.75, 3.05) is 5.43 Å². The Morgan fingerprint density at radius 2 is 1.88 bits per heavy atom. The van der Waals surface area contributed by atoms with Crippen LogP contribution in [0, 0.1) is 13.8 Å². The zero-order chi connectivity index (χ0) is 22.1. The molecule has 160 valence electrons. The van der Waals surface area contributed by atoms with E-state index in [1.54, 1.807) is 6.07 Å². The van der Waals surface area contributed by atoms with Crippen molar-refractivity contribution < 1.29 is 13.9 Å². The van der Waals surface area contributed by atoms with Crippen LogP contribution < -0.4 is 10.2 Å². The molecule has 1 aliphatic rings. The minimum Gasteiger partial charge on any atom is -0.453 e. The van der Waals surface area contributed by atoms with Crippen molar-refractivity contribution in [3.8, 4) is 5.75 Å². The first-order valence-electron chi connectivity index (χ1n) is 10.7. The number of anilines is 1. The fourth-order valence-electron chi connectivity index (χ4n) is 4.07. The quantitative estimate of drug-likeness (QED) is 0.253. The van der Waals surface area contributed by atoms with Gasteiger partial charge in [0.25, 0.3) is 0 Å². The van der Waals surface area contributed by atoms with Crippen LogP contribution in [0.3, 0.4) is 0 Å². The maximum Gasteiger partial charge on any atom is 0.380 e. The number of esters is 1. The standard InChI is InChI=1S/C26H23N3O3/c1-16-14-15-18-8-6-13-22(24(18)27-16)32-26(30)25-17(2)23-20(11-7-12-21(23)31-25)29-28-19-9-4-3-5-10-19/h3-6,8-10,13-15,28H,7,11-12H2,1-2H3/b29-20+. The van der Waals surface area contributed by atoms with E-state index in [0.717, 1.165) is 58.6 Å². The summed E-state index contributed by atoms with van der Waals surface area (Å²) in [5.41, 5.74) is 8.07. The number of aromatic nitrogens is 1. The second-order valence-electron chi connectivity index (χ2n) is 7.91. The molecule has 5 rings (SSSR count). The van der Waals surface area contributed by atoms with Crippen molar-refractivity contribution >= 4 is 28.3 Å². The summed E-state index contributed by atoms with van der Waals surface area (Å²) >= 11 is 0. The smallest absolute Gasteiger partial charge is 0.380 e. The number of nitrogens with one attached hydrogen (secondary N) is 1. The van der Waals surface area contributed by atoms with E-state index in [1.807, 2.05) is 68.4 Å². The highest BCUT2D eigenvalue weighted by Gasteiger charge is 2.29. The number of pyridine rings is 1. The van der Waals surface area contributed by atoms with Crippen molar-refractivity contribution in [1.29, 1.82) is 0 Å². The van der Waals surface area contributed by atoms with Gasteiger partial charge in [0.1, 0.15) is 11.3 Å². The van der Waals surface area contributed by atoms with Gasteiger partial charge in [0, 0.05) is 28.6 Å². The van der Waals surface area contributed by atoms with Gasteiger partial charge in [-0.3, -0.25) is 5.43 Å². The number of hydrogen-bond donors (Lipinski definition) is 1. The lowest BCUT2D eigenvalue weighted by Gasteiger charge is -2.13. The number of hydrazone groups is 1. The van der Waals surface area contributed by atoms with E-state index in [0.29, 0.717) is 11.3 Å². The third kappa shape index (κ3) is 3.75. The van der Waals surface area contributed by atoms with Crippen LogP contribution in [0.15, 0.2) is 70.2 Å². The highest BCUT2D eigenvalue weighted by molar-refractivity contribution is 6.06. The van der Waals surface area contributed by atoms with Crippen LogP contribution in [0.5, 0.6) is 5.75 Å². The Morgan fingerprint density at radius 3 is 2.72 bits per heavy atom. The van der Waals surface area contributed by atoms with Crippen molar-refractivity contribution in [3.63, 3.8) is 0 Å². The fraction of sp³-hybridized carbons (Fsp3) is 0.192. The molecule has 0 amide bonds. The lowest BCUT2D eigenvalue weighted by atomic mass is 9.93. The van der Waals surface area contributed by atoms with Crippen molar-refractivity contribution in [1.82, 2.24) is 4.98 Å². The molecule has 2 aromatic carbocycles. The molecule has 0 atom stereocenters. The number of rotatable bonds is 4. The summed E-state index contributed by atoms with van der Waals surface area (Å²) in [5.74, 6) is 0.892. The number of carbonyl (C=O) groups excluding carboxylic acids is 1. The van der Waals surface area contributed by atoms with Crippen LogP contribution in [0.1, 0.15) is 46.0 Å². The van der Waals surface area contributed by atoms with Crippen molar-refractivity contribution in [3.05, 3.63) is 89.0 Å². The summed E-state index contributed by atoms with van der Waals surface area (Å²) in [7, 11) is 0. The van der Waals surface area contributed by atoms with E-state index in [4.69, 9.17) is 9.15 Å². The van der Waals surface area contributed by atoms with Crippen molar-refractivity contribution in [2.24, 2.45) is 5.10 Å². The number of carbonyl (C=O) groups is 1. The molecular formula is C26H23N3O3. The molecule has 1 aliphatic carbocycles. The van der Waals surface area contributed by atoms with Crippen LogP contribution in [0.25, 0.3) is 10.9 Å². The molecule has 1 N–H and O–H groups in total. The molecule has 4 aromatic rings. The number of ether oxygens (including phenoxy) is 1. The molecule has 6 nitrogen and oxygen atoms in total. The lowest BCUT2D eigenvalue weighted by Crippen LogP contribution is -2.13. The fourth-order valence-corrected chi connectivity index (χ4v) is 4.07. The van der Waals surface area contributed by atoms with E-state index >= 15 is 0 Å². The number of hydrogen-bond acceptors (Lipinski definition) is 6. The summed E-state index contributed by atoms with van der Waals surface area (Å²) in [6.45, 7) is 3.79. The number of para-hydroxylation sites is 2. The molecule has 0 spiro atoms. The van der Waals surface area contributed by atoms with Gasteiger partial charge in [-0.2, -0.15) is 5.10 Å². The molecule has 0 bridgehead atoms. The van der Waals surface area contributed by atoms with E-state index in [-0.39, 0.29) is 5.76 Å². The second kappa shape index (κ2) is 8.30. The van der Waals surface area contributed by atoms with E-state index in [2.05, 4.69) is 15.5 Å². The maximum absolute atomic E-state index is 13.1. The number of aryl methyl sites for hydroxylation is 2. The Kier molecular flexibility index (Phi) is 5.19. The normalized spacial score (nSPS) is 14.4. The number of furan rings is 1. The molecule has 2 heterocycles. The number of fused-ring (bicyclic) bond motifs is 2. The SMILES string of the molecule is Cc1ccc2cccc(OC(=O)c3oc4c(c3C)/C(=N/Nc3ccccc3)CCC4)c2n1. The molecule has 0 saturated heterocycles. The molecule has 0 radical (unpaired) electrons. The predicted octanol–water partition coefficient (Wildman–Crippen LogP) is 5.82. The van der Waals surface area contributed by atoms with Gasteiger partial charge in [0.15, 0.2) is 5.75 Å². The summed E-state index contributed by atoms with van der Waals surface area (Å²) in [4.78, 5) is 17.6. The average molecular weight is 425 g/mol. The first kappa shape index (κ1) is 20.0. The first-order valence-corrected chi connectivity index (χ1v) is 10.7. The van der Waals surface area contributed by atoms with Crippen LogP contribution >= 0.6 is 0 Å². The minimum absolute atomic E-state index is 0.217. The maximum atomic E-state index is 13.1. The molecule has 32 heavy (non-hydrogen) atoms. The van der Waals surface area contributed by atoms with Crippen LogP contribution in [0.4, 0.5) is 5.69 Å². The van der Waals surface area contributed by atoms with Gasteiger partial charge < -0.3 is 9.15 Å². The highest BCUT2D eigenvalue weighted by atomic mass is 16.5. The minimum atomic E-state index is -0.525. The molecule has 0 fully saturated rings. The summed E-state index contributed by atoms with van der Waals surface area (Å²) < 4.78 is 11.7. The van der Waals surface area contributed by atoms with Gasteiger partial charge in [-0.05, 0) is 51.0 Å². The summed E-state index contributed by atoms with van der Waals surface area (Å²) in [6.07, 6.45) is 2.49. The average Bonchev–Trinajstić information content (AvgIpc) is 3.16. The van der Waals surface area contributed by atoms with Gasteiger partial charge in [-0.1, -0.05) is 36.4 Å². The first-order chi connectivity index (χ1) is 15.6. The van der Waals surface area contributed by atoms with E-state index < -0.39 is 5.97 Å². The summed E-state index contributed by atoms with van der Waals surface area (Å²) in [5, 5.41) is 5.52. The molecule has 0 aliphatic heterocycles. The van der Waals surface area contributed by atoms with E-state index in [9.17, 15) is 4.79 Å². The lowest BCUT2D eigenvalue weighted by molar-refractivity contribution is 0.0700. The number of nitrogens with zero attached hydrogens (tertiary/aromatic N) is 2. The zero-order valence-electron chi connectivity index (χ0n) is 18.0. The second-order valence-corrected chi connectivity index (χ2v) is 7.91. The zero-order valence-corrected chi connectivity index (χ0v) is 18.0. The Bertz CT molecular complexity index is 1340. The van der Waals surface area contributed by atoms with Crippen LogP contribution in [0.2, 0.25) is 0 Å². The van der Waals surface area contributed by atoms with Gasteiger partial charge in [0.05, 0.1) is 11.4 Å². The summed E-state index contributed by atoms with van der Waals surface area (Å²) in [6, 6.07) is 19.2. The third-order valence-corrected chi connectivity index (χ3v) is 5.63. The van der Waals surface area contributed by atoms with Gasteiger partial charge in [-0.25, -0.2) is 9.78 Å². The Balaban J connectivity index is 1.45. The largest absolute Gasteiger partial charge is 0.453 e. The number of benzene rings is 2. The van der Waals surface area contributed by atoms with Crippen LogP contribution in [-0.4, -0.2) is 16.7 Å². The Morgan fingerprint density at radius 1 is 1.03 bits per heavy atom. The topological polar surface area (TPSA) is 76.7 Å². The third-order valence-electron chi connectivity index (χ3n) is 5.63. The molecular weight excluding hydrogens is 402 g/mol. The predicted molar refractivity (Wildman–Crippen MR) is 124 cm³/mol. The van der Waals surface area contributed by atoms with Crippen molar-refractivity contribution in [2.45, 2.75) is 33.1 Å². The van der Waals surface area contributed by atoms with Gasteiger partial charge in [0.2, 0.25) is 5.76 Å². The molecule has 6 heteroatoms. The molecule has 0 saturated carbocycles. The monoisotopic (exact) mass is 425 g/mol. The molecule has 2 aromatic heterocycles. The highest BCUT2D eigenvalue weighted by Crippen LogP contribution is 2.32. The van der Waals surface area contributed by atoms with Crippen LogP contribution in [-0.2, 0) is 6.42 Å².